The fourth-order valence-electron chi connectivity index (χ4n) is 2.69. The van der Waals surface area contributed by atoms with Gasteiger partial charge in [0.15, 0.2) is 6.61 Å². The standard InChI is InChI=1S/C20H24F2N2O4/c1-14(18(20(21)22)7-9-23-2)28-17-8-10-24(11-17)19(26)13-27-16-5-3-15(12-25)4-6-16/h3-7,9,17,20,25H,1,8,10-13H2,2H3/b18-7+,23-9?. The number of nitrogens with zero attached hydrogens (tertiary/aromatic N) is 2. The van der Waals surface area contributed by atoms with E-state index in [1.54, 1.807) is 29.2 Å². The molecule has 1 atom stereocenters. The second-order valence-electron chi connectivity index (χ2n) is 6.21. The molecule has 8 heteroatoms. The smallest absolute Gasteiger partial charge is 0.267 e. The van der Waals surface area contributed by atoms with E-state index in [0.717, 1.165) is 5.56 Å². The first-order chi connectivity index (χ1) is 13.4. The van der Waals surface area contributed by atoms with E-state index in [1.807, 2.05) is 0 Å². The Morgan fingerprint density at radius 3 is 2.75 bits per heavy atom. The molecule has 1 N–H and O–H groups in total. The number of amides is 1. The van der Waals surface area contributed by atoms with Gasteiger partial charge in [0, 0.05) is 26.2 Å². The van der Waals surface area contributed by atoms with Gasteiger partial charge in [0.2, 0.25) is 0 Å². The molecule has 28 heavy (non-hydrogen) atoms. The summed E-state index contributed by atoms with van der Waals surface area (Å²) in [6, 6.07) is 6.78. The molecule has 6 nitrogen and oxygen atoms in total. The average Bonchev–Trinajstić information content (AvgIpc) is 3.15. The number of allylic oxidation sites excluding steroid dienone is 2. The first-order valence-electron chi connectivity index (χ1n) is 8.81. The van der Waals surface area contributed by atoms with E-state index in [4.69, 9.17) is 14.6 Å². The van der Waals surface area contributed by atoms with Gasteiger partial charge in [-0.25, -0.2) is 8.78 Å². The van der Waals surface area contributed by atoms with Crippen molar-refractivity contribution in [3.8, 4) is 5.75 Å². The van der Waals surface area contributed by atoms with Crippen molar-refractivity contribution in [1.29, 1.82) is 0 Å². The minimum Gasteiger partial charge on any atom is -0.489 e. The van der Waals surface area contributed by atoms with Crippen LogP contribution in [0.1, 0.15) is 12.0 Å². The largest absolute Gasteiger partial charge is 0.489 e. The molecule has 1 fully saturated rings. The molecule has 0 radical (unpaired) electrons. The fourth-order valence-corrected chi connectivity index (χ4v) is 2.69. The number of carbonyl (C=O) groups excluding carboxylic acids is 1. The molecule has 2 rings (SSSR count). The highest BCUT2D eigenvalue weighted by Crippen LogP contribution is 2.23. The van der Waals surface area contributed by atoms with Crippen molar-refractivity contribution < 1.29 is 28.2 Å². The lowest BCUT2D eigenvalue weighted by molar-refractivity contribution is -0.132. The number of carbonyl (C=O) groups is 1. The molecule has 1 aromatic carbocycles. The van der Waals surface area contributed by atoms with E-state index in [2.05, 4.69) is 11.6 Å². The number of ether oxygens (including phenoxy) is 2. The van der Waals surface area contributed by atoms with E-state index >= 15 is 0 Å². The summed E-state index contributed by atoms with van der Waals surface area (Å²) in [5.41, 5.74) is 0.422. The van der Waals surface area contributed by atoms with E-state index in [1.165, 1.54) is 19.3 Å². The van der Waals surface area contributed by atoms with Gasteiger partial charge in [-0.3, -0.25) is 9.79 Å². The summed E-state index contributed by atoms with van der Waals surface area (Å²) in [7, 11) is 1.48. The SMILES string of the molecule is C=C(OC1CCN(C(=O)COc2ccc(CO)cc2)C1)/C(=C\C=NC)C(F)F. The highest BCUT2D eigenvalue weighted by molar-refractivity contribution is 5.78. The minimum absolute atomic E-state index is 0.0621. The lowest BCUT2D eigenvalue weighted by atomic mass is 10.2. The minimum atomic E-state index is -2.73. The van der Waals surface area contributed by atoms with E-state index in [0.29, 0.717) is 18.7 Å². The third-order valence-corrected chi connectivity index (χ3v) is 4.24. The maximum atomic E-state index is 13.1. The topological polar surface area (TPSA) is 71.4 Å². The number of halogens is 2. The van der Waals surface area contributed by atoms with Crippen molar-refractivity contribution in [2.45, 2.75) is 25.6 Å². The van der Waals surface area contributed by atoms with Crippen molar-refractivity contribution >= 4 is 12.1 Å². The number of aliphatic imine (C=N–C) groups is 1. The van der Waals surface area contributed by atoms with Crippen LogP contribution >= 0.6 is 0 Å². The van der Waals surface area contributed by atoms with Crippen LogP contribution in [0, 0.1) is 0 Å². The quantitative estimate of drug-likeness (QED) is 0.397. The van der Waals surface area contributed by atoms with E-state index in [9.17, 15) is 13.6 Å². The highest BCUT2D eigenvalue weighted by Gasteiger charge is 2.29. The van der Waals surface area contributed by atoms with Gasteiger partial charge in [0.1, 0.15) is 17.6 Å². The fraction of sp³-hybridized carbons (Fsp3) is 0.400. The van der Waals surface area contributed by atoms with E-state index < -0.39 is 12.5 Å². The number of hydrogen-bond acceptors (Lipinski definition) is 5. The number of hydrogen-bond donors (Lipinski definition) is 1. The van der Waals surface area contributed by atoms with Gasteiger partial charge in [-0.15, -0.1) is 0 Å². The van der Waals surface area contributed by atoms with Crippen LogP contribution < -0.4 is 4.74 Å². The van der Waals surface area contributed by atoms with Gasteiger partial charge >= 0.3 is 0 Å². The second kappa shape index (κ2) is 10.6. The van der Waals surface area contributed by atoms with Crippen LogP contribution in [0.15, 0.2) is 53.2 Å². The number of alkyl halides is 2. The van der Waals surface area contributed by atoms with Crippen LogP contribution in [0.5, 0.6) is 5.75 Å². The van der Waals surface area contributed by atoms with Crippen LogP contribution in [0.3, 0.4) is 0 Å². The number of benzene rings is 1. The van der Waals surface area contributed by atoms with E-state index in [-0.39, 0.29) is 37.0 Å². The van der Waals surface area contributed by atoms with Crippen molar-refractivity contribution in [3.63, 3.8) is 0 Å². The Morgan fingerprint density at radius 1 is 1.43 bits per heavy atom. The van der Waals surface area contributed by atoms with Crippen LogP contribution in [0.4, 0.5) is 8.78 Å². The number of aliphatic hydroxyl groups is 1. The predicted octanol–water partition coefficient (Wildman–Crippen LogP) is 2.58. The summed E-state index contributed by atoms with van der Waals surface area (Å²) in [5, 5.41) is 9.01. The molecule has 0 aromatic heterocycles. The molecule has 1 aromatic rings. The monoisotopic (exact) mass is 394 g/mol. The normalized spacial score (nSPS) is 17.4. The molecule has 1 heterocycles. The lowest BCUT2D eigenvalue weighted by Gasteiger charge is -2.19. The zero-order valence-corrected chi connectivity index (χ0v) is 15.7. The Bertz CT molecular complexity index is 732. The van der Waals surface area contributed by atoms with Gasteiger partial charge in [0.05, 0.1) is 18.7 Å². The summed E-state index contributed by atoms with van der Waals surface area (Å²) >= 11 is 0. The number of rotatable bonds is 9. The van der Waals surface area contributed by atoms with Crippen molar-refractivity contribution in [2.75, 3.05) is 26.7 Å². The first kappa shape index (κ1) is 21.6. The van der Waals surface area contributed by atoms with Gasteiger partial charge in [0.25, 0.3) is 12.3 Å². The van der Waals surface area contributed by atoms with Crippen molar-refractivity contribution in [2.24, 2.45) is 4.99 Å². The average molecular weight is 394 g/mol. The number of likely N-dealkylation sites (tertiary alicyclic amines) is 1. The molecule has 0 bridgehead atoms. The first-order valence-corrected chi connectivity index (χ1v) is 8.81. The predicted molar refractivity (Wildman–Crippen MR) is 102 cm³/mol. The Morgan fingerprint density at radius 2 is 2.14 bits per heavy atom. The van der Waals surface area contributed by atoms with Gasteiger partial charge < -0.3 is 19.5 Å². The summed E-state index contributed by atoms with van der Waals surface area (Å²) < 4.78 is 37.2. The van der Waals surface area contributed by atoms with Gasteiger partial charge in [-0.2, -0.15) is 0 Å². The summed E-state index contributed by atoms with van der Waals surface area (Å²) in [5.74, 6) is 0.190. The van der Waals surface area contributed by atoms with Crippen molar-refractivity contribution in [3.05, 3.63) is 53.8 Å². The van der Waals surface area contributed by atoms with Gasteiger partial charge in [-0.1, -0.05) is 18.7 Å². The van der Waals surface area contributed by atoms with Crippen LogP contribution in [0.2, 0.25) is 0 Å². The molecular weight excluding hydrogens is 370 g/mol. The van der Waals surface area contributed by atoms with Crippen LogP contribution in [-0.4, -0.2) is 61.4 Å². The van der Waals surface area contributed by atoms with Crippen LogP contribution in [0.25, 0.3) is 0 Å². The Hall–Kier alpha value is -2.74. The Kier molecular flexibility index (Phi) is 8.13. The second-order valence-corrected chi connectivity index (χ2v) is 6.21. The zero-order valence-electron chi connectivity index (χ0n) is 15.7. The zero-order chi connectivity index (χ0) is 20.5. The maximum absolute atomic E-state index is 13.1. The number of aliphatic hydroxyl groups excluding tert-OH is 1. The van der Waals surface area contributed by atoms with Crippen LogP contribution in [-0.2, 0) is 16.1 Å². The molecule has 1 saturated heterocycles. The maximum Gasteiger partial charge on any atom is 0.267 e. The summed E-state index contributed by atoms with van der Waals surface area (Å²) in [4.78, 5) is 17.5. The summed E-state index contributed by atoms with van der Waals surface area (Å²) in [6.45, 7) is 4.11. The third kappa shape index (κ3) is 6.16. The molecule has 1 aliphatic heterocycles. The molecule has 1 amide bonds. The molecular formula is C20H24F2N2O4. The summed E-state index contributed by atoms with van der Waals surface area (Å²) in [6.07, 6.45) is -0.184. The Labute approximate surface area is 162 Å². The molecule has 152 valence electrons. The molecule has 1 unspecified atom stereocenters. The molecule has 0 aliphatic carbocycles. The Balaban J connectivity index is 1.83. The third-order valence-electron chi connectivity index (χ3n) is 4.24. The molecule has 0 spiro atoms. The molecule has 0 saturated carbocycles. The highest BCUT2D eigenvalue weighted by atomic mass is 19.3. The van der Waals surface area contributed by atoms with Gasteiger partial charge in [-0.05, 0) is 23.8 Å². The lowest BCUT2D eigenvalue weighted by Crippen LogP contribution is -2.34. The van der Waals surface area contributed by atoms with Crippen molar-refractivity contribution in [1.82, 2.24) is 4.90 Å². The molecule has 1 aliphatic rings.